The molecular formula is C20H17BrClNO3. The summed E-state index contributed by atoms with van der Waals surface area (Å²) in [6.45, 7) is 2.25. The number of fused-ring (bicyclic) bond motifs is 1. The van der Waals surface area contributed by atoms with E-state index in [-0.39, 0.29) is 5.91 Å². The first kappa shape index (κ1) is 18.7. The Hall–Kier alpha value is -2.11. The fraction of sp³-hybridized carbons (Fsp3) is 0.200. The molecule has 0 spiro atoms. The molecule has 0 bridgehead atoms. The van der Waals surface area contributed by atoms with Gasteiger partial charge in [-0.05, 0) is 53.9 Å². The van der Waals surface area contributed by atoms with Crippen LogP contribution in [0.25, 0.3) is 5.57 Å². The standard InChI is InChI=1S/C20H17BrClNO3/c1-2-9-26-20(25)18-16-8-3-13(21)10-12(16)11-17(18)19(24)23-15-6-4-14(22)5-7-15/h3-8,10H,2,9,11H2,1H3,(H,23,24). The number of rotatable bonds is 5. The Balaban J connectivity index is 1.93. The summed E-state index contributed by atoms with van der Waals surface area (Å²) in [6, 6.07) is 12.4. The average molecular weight is 435 g/mol. The molecule has 1 aliphatic carbocycles. The summed E-state index contributed by atoms with van der Waals surface area (Å²) in [4.78, 5) is 25.4. The fourth-order valence-electron chi connectivity index (χ4n) is 2.83. The van der Waals surface area contributed by atoms with Crippen LogP contribution in [0.3, 0.4) is 0 Å². The molecule has 0 unspecified atom stereocenters. The molecule has 0 heterocycles. The Kier molecular flexibility index (Phi) is 5.79. The fourth-order valence-corrected chi connectivity index (χ4v) is 3.36. The van der Waals surface area contributed by atoms with E-state index in [0.29, 0.717) is 34.9 Å². The van der Waals surface area contributed by atoms with Crippen LogP contribution >= 0.6 is 27.5 Å². The van der Waals surface area contributed by atoms with Crippen molar-refractivity contribution in [3.63, 3.8) is 0 Å². The van der Waals surface area contributed by atoms with Crippen LogP contribution in [0.15, 0.2) is 52.5 Å². The molecule has 0 atom stereocenters. The summed E-state index contributed by atoms with van der Waals surface area (Å²) in [5.41, 5.74) is 3.03. The van der Waals surface area contributed by atoms with Gasteiger partial charge in [-0.25, -0.2) is 4.79 Å². The quantitative estimate of drug-likeness (QED) is 0.674. The second kappa shape index (κ2) is 8.06. The van der Waals surface area contributed by atoms with Crippen molar-refractivity contribution in [2.45, 2.75) is 19.8 Å². The van der Waals surface area contributed by atoms with Gasteiger partial charge >= 0.3 is 5.97 Å². The first-order chi connectivity index (χ1) is 12.5. The molecule has 0 radical (unpaired) electrons. The first-order valence-electron chi connectivity index (χ1n) is 8.25. The largest absolute Gasteiger partial charge is 0.462 e. The highest BCUT2D eigenvalue weighted by molar-refractivity contribution is 9.10. The first-order valence-corrected chi connectivity index (χ1v) is 9.42. The number of hydrogen-bond donors (Lipinski definition) is 1. The number of nitrogens with one attached hydrogen (secondary N) is 1. The predicted molar refractivity (Wildman–Crippen MR) is 106 cm³/mol. The van der Waals surface area contributed by atoms with Crippen LogP contribution in [-0.4, -0.2) is 18.5 Å². The number of amides is 1. The zero-order chi connectivity index (χ0) is 18.7. The summed E-state index contributed by atoms with van der Waals surface area (Å²) in [6.07, 6.45) is 1.10. The van der Waals surface area contributed by atoms with Gasteiger partial charge in [0.2, 0.25) is 0 Å². The molecule has 1 N–H and O–H groups in total. The number of benzene rings is 2. The molecule has 1 aliphatic rings. The van der Waals surface area contributed by atoms with Gasteiger partial charge in [0.1, 0.15) is 0 Å². The number of hydrogen-bond acceptors (Lipinski definition) is 3. The molecule has 2 aromatic carbocycles. The number of carbonyl (C=O) groups is 2. The van der Waals surface area contributed by atoms with Crippen LogP contribution < -0.4 is 5.32 Å². The van der Waals surface area contributed by atoms with Crippen LogP contribution in [0.5, 0.6) is 0 Å². The zero-order valence-corrected chi connectivity index (χ0v) is 16.5. The minimum Gasteiger partial charge on any atom is -0.462 e. The van der Waals surface area contributed by atoms with Gasteiger partial charge in [-0.2, -0.15) is 0 Å². The van der Waals surface area contributed by atoms with E-state index in [0.717, 1.165) is 22.0 Å². The van der Waals surface area contributed by atoms with Crippen molar-refractivity contribution in [3.05, 3.63) is 68.7 Å². The van der Waals surface area contributed by atoms with Crippen LogP contribution in [0.2, 0.25) is 5.02 Å². The van der Waals surface area contributed by atoms with Crippen LogP contribution in [0.4, 0.5) is 5.69 Å². The smallest absolute Gasteiger partial charge is 0.339 e. The van der Waals surface area contributed by atoms with E-state index in [1.807, 2.05) is 25.1 Å². The maximum absolute atomic E-state index is 12.8. The van der Waals surface area contributed by atoms with E-state index < -0.39 is 5.97 Å². The molecule has 26 heavy (non-hydrogen) atoms. The lowest BCUT2D eigenvalue weighted by Gasteiger charge is -2.09. The lowest BCUT2D eigenvalue weighted by atomic mass is 10.1. The van der Waals surface area contributed by atoms with Gasteiger partial charge in [0, 0.05) is 27.2 Å². The third-order valence-corrected chi connectivity index (χ3v) is 4.77. The van der Waals surface area contributed by atoms with Gasteiger partial charge in [-0.15, -0.1) is 0 Å². The molecule has 0 aliphatic heterocycles. The Bertz CT molecular complexity index is 890. The van der Waals surface area contributed by atoms with E-state index >= 15 is 0 Å². The van der Waals surface area contributed by atoms with Crippen molar-refractivity contribution in [3.8, 4) is 0 Å². The van der Waals surface area contributed by atoms with E-state index in [1.54, 1.807) is 24.3 Å². The minimum absolute atomic E-state index is 0.317. The second-order valence-corrected chi connectivity index (χ2v) is 7.28. The Morgan fingerprint density at radius 3 is 2.62 bits per heavy atom. The van der Waals surface area contributed by atoms with Crippen LogP contribution in [-0.2, 0) is 20.7 Å². The molecule has 134 valence electrons. The van der Waals surface area contributed by atoms with Crippen LogP contribution in [0, 0.1) is 0 Å². The van der Waals surface area contributed by atoms with Crippen LogP contribution in [0.1, 0.15) is 24.5 Å². The van der Waals surface area contributed by atoms with Gasteiger partial charge in [0.25, 0.3) is 5.91 Å². The number of anilines is 1. The average Bonchev–Trinajstić information content (AvgIpc) is 3.00. The lowest BCUT2D eigenvalue weighted by Crippen LogP contribution is -2.18. The monoisotopic (exact) mass is 433 g/mol. The van der Waals surface area contributed by atoms with Crippen molar-refractivity contribution in [1.29, 1.82) is 0 Å². The van der Waals surface area contributed by atoms with Gasteiger partial charge in [-0.3, -0.25) is 4.79 Å². The van der Waals surface area contributed by atoms with Gasteiger partial charge in [0.05, 0.1) is 12.2 Å². The predicted octanol–water partition coefficient (Wildman–Crippen LogP) is 5.00. The molecule has 2 aromatic rings. The van der Waals surface area contributed by atoms with Crippen molar-refractivity contribution in [2.75, 3.05) is 11.9 Å². The summed E-state index contributed by atoms with van der Waals surface area (Å²) in [5, 5.41) is 3.41. The maximum atomic E-state index is 12.8. The summed E-state index contributed by atoms with van der Waals surface area (Å²) < 4.78 is 6.20. The summed E-state index contributed by atoms with van der Waals surface area (Å²) >= 11 is 9.31. The highest BCUT2D eigenvalue weighted by atomic mass is 79.9. The van der Waals surface area contributed by atoms with E-state index in [4.69, 9.17) is 16.3 Å². The molecule has 0 aromatic heterocycles. The number of carbonyl (C=O) groups excluding carboxylic acids is 2. The third kappa shape index (κ3) is 4.00. The summed E-state index contributed by atoms with van der Waals surface area (Å²) in [5.74, 6) is -0.780. The Morgan fingerprint density at radius 1 is 1.19 bits per heavy atom. The number of halogens is 2. The maximum Gasteiger partial charge on any atom is 0.339 e. The van der Waals surface area contributed by atoms with Crippen molar-refractivity contribution in [1.82, 2.24) is 0 Å². The highest BCUT2D eigenvalue weighted by Crippen LogP contribution is 2.36. The highest BCUT2D eigenvalue weighted by Gasteiger charge is 2.31. The number of ether oxygens (including phenoxy) is 1. The van der Waals surface area contributed by atoms with E-state index in [2.05, 4.69) is 21.2 Å². The van der Waals surface area contributed by atoms with E-state index in [1.165, 1.54) is 0 Å². The topological polar surface area (TPSA) is 55.4 Å². The molecule has 0 saturated heterocycles. The Labute approximate surface area is 165 Å². The minimum atomic E-state index is -0.464. The second-order valence-electron chi connectivity index (χ2n) is 5.93. The summed E-state index contributed by atoms with van der Waals surface area (Å²) in [7, 11) is 0. The SMILES string of the molecule is CCCOC(=O)C1=C(C(=O)Nc2ccc(Cl)cc2)Cc2cc(Br)ccc21. The van der Waals surface area contributed by atoms with Gasteiger partial charge in [-0.1, -0.05) is 40.5 Å². The molecule has 1 amide bonds. The Morgan fingerprint density at radius 2 is 1.92 bits per heavy atom. The number of esters is 1. The molecule has 6 heteroatoms. The van der Waals surface area contributed by atoms with Crippen molar-refractivity contribution < 1.29 is 14.3 Å². The molecule has 0 fully saturated rings. The van der Waals surface area contributed by atoms with Crippen molar-refractivity contribution in [2.24, 2.45) is 0 Å². The van der Waals surface area contributed by atoms with Gasteiger partial charge in [0.15, 0.2) is 0 Å². The van der Waals surface area contributed by atoms with Crippen molar-refractivity contribution >= 4 is 50.7 Å². The molecule has 0 saturated carbocycles. The van der Waals surface area contributed by atoms with E-state index in [9.17, 15) is 9.59 Å². The normalized spacial score (nSPS) is 12.7. The lowest BCUT2D eigenvalue weighted by molar-refractivity contribution is -0.136. The molecule has 3 rings (SSSR count). The third-order valence-electron chi connectivity index (χ3n) is 4.02. The molecule has 4 nitrogen and oxygen atoms in total. The molecular weight excluding hydrogens is 418 g/mol. The zero-order valence-electron chi connectivity index (χ0n) is 14.1. The van der Waals surface area contributed by atoms with Gasteiger partial charge < -0.3 is 10.1 Å².